The lowest BCUT2D eigenvalue weighted by atomic mass is 10.1. The van der Waals surface area contributed by atoms with E-state index in [9.17, 15) is 10.1 Å². The van der Waals surface area contributed by atoms with Crippen LogP contribution in [0.3, 0.4) is 0 Å². The van der Waals surface area contributed by atoms with Crippen molar-refractivity contribution < 1.29 is 4.92 Å². The van der Waals surface area contributed by atoms with E-state index in [1.165, 1.54) is 18.3 Å². The summed E-state index contributed by atoms with van der Waals surface area (Å²) in [5.41, 5.74) is 2.27. The van der Waals surface area contributed by atoms with Crippen LogP contribution in [0.4, 0.5) is 5.69 Å². The molecule has 0 spiro atoms. The number of H-pyrrole nitrogens is 1. The highest BCUT2D eigenvalue weighted by molar-refractivity contribution is 6.32. The monoisotopic (exact) mass is 322 g/mol. The topological polar surface area (TPSA) is 84.7 Å². The van der Waals surface area contributed by atoms with Gasteiger partial charge >= 0.3 is 0 Å². The zero-order valence-electron chi connectivity index (χ0n) is 10.5. The molecule has 3 rings (SSSR count). The van der Waals surface area contributed by atoms with Crippen LogP contribution >= 0.6 is 23.2 Å². The molecule has 0 unspecified atom stereocenters. The Balaban J connectivity index is 2.01. The predicted octanol–water partition coefficient (Wildman–Crippen LogP) is 3.76. The SMILES string of the molecule is O=[N+]([O-])c1ccc2c(Cc3nc(Cl)ncc3Cl)c[nH]c2c1. The highest BCUT2D eigenvalue weighted by atomic mass is 35.5. The Labute approximate surface area is 128 Å². The second-order valence-corrected chi connectivity index (χ2v) is 5.16. The van der Waals surface area contributed by atoms with E-state index in [0.29, 0.717) is 22.7 Å². The smallest absolute Gasteiger partial charge is 0.271 e. The van der Waals surface area contributed by atoms with E-state index >= 15 is 0 Å². The Morgan fingerprint density at radius 1 is 1.33 bits per heavy atom. The minimum Gasteiger partial charge on any atom is -0.361 e. The van der Waals surface area contributed by atoms with Gasteiger partial charge in [-0.05, 0) is 23.2 Å². The van der Waals surface area contributed by atoms with Crippen LogP contribution in [0.2, 0.25) is 10.3 Å². The lowest BCUT2D eigenvalue weighted by molar-refractivity contribution is -0.384. The van der Waals surface area contributed by atoms with Crippen molar-refractivity contribution in [3.8, 4) is 0 Å². The molecule has 8 heteroatoms. The summed E-state index contributed by atoms with van der Waals surface area (Å²) in [6.45, 7) is 0. The van der Waals surface area contributed by atoms with Crippen LogP contribution in [0.25, 0.3) is 10.9 Å². The summed E-state index contributed by atoms with van der Waals surface area (Å²) in [6, 6.07) is 4.66. The maximum atomic E-state index is 10.8. The molecule has 2 heterocycles. The predicted molar refractivity (Wildman–Crippen MR) is 79.8 cm³/mol. The molecule has 0 aliphatic carbocycles. The fourth-order valence-electron chi connectivity index (χ4n) is 2.12. The maximum absolute atomic E-state index is 10.8. The van der Waals surface area contributed by atoms with Crippen molar-refractivity contribution in [2.45, 2.75) is 6.42 Å². The number of halogens is 2. The average molecular weight is 323 g/mol. The first-order valence-corrected chi connectivity index (χ1v) is 6.71. The third-order valence-electron chi connectivity index (χ3n) is 3.11. The van der Waals surface area contributed by atoms with E-state index < -0.39 is 4.92 Å². The van der Waals surface area contributed by atoms with Crippen LogP contribution < -0.4 is 0 Å². The molecule has 0 aliphatic heterocycles. The first kappa shape index (κ1) is 13.8. The lowest BCUT2D eigenvalue weighted by Gasteiger charge is -2.02. The van der Waals surface area contributed by atoms with Gasteiger partial charge in [-0.2, -0.15) is 0 Å². The van der Waals surface area contributed by atoms with Crippen LogP contribution in [0.5, 0.6) is 0 Å². The van der Waals surface area contributed by atoms with Crippen molar-refractivity contribution in [2.24, 2.45) is 0 Å². The lowest BCUT2D eigenvalue weighted by Crippen LogP contribution is -1.95. The number of non-ortho nitro benzene ring substituents is 1. The summed E-state index contributed by atoms with van der Waals surface area (Å²) in [5.74, 6) is 0. The molecule has 106 valence electrons. The molecule has 0 saturated heterocycles. The van der Waals surface area contributed by atoms with Gasteiger partial charge in [0.2, 0.25) is 5.28 Å². The molecule has 3 aromatic rings. The van der Waals surface area contributed by atoms with E-state index in [4.69, 9.17) is 23.2 Å². The summed E-state index contributed by atoms with van der Waals surface area (Å²) in [6.07, 6.45) is 3.69. The molecule has 6 nitrogen and oxygen atoms in total. The molecule has 2 aromatic heterocycles. The van der Waals surface area contributed by atoms with Crippen LogP contribution in [0, 0.1) is 10.1 Å². The van der Waals surface area contributed by atoms with Crippen LogP contribution in [-0.4, -0.2) is 19.9 Å². The molecule has 0 amide bonds. The minimum atomic E-state index is -0.430. The van der Waals surface area contributed by atoms with Gasteiger partial charge in [-0.1, -0.05) is 11.6 Å². The second kappa shape index (κ2) is 5.31. The van der Waals surface area contributed by atoms with Gasteiger partial charge in [0.1, 0.15) is 0 Å². The fraction of sp³-hybridized carbons (Fsp3) is 0.0769. The Bertz CT molecular complexity index is 847. The third-order valence-corrected chi connectivity index (χ3v) is 3.60. The van der Waals surface area contributed by atoms with E-state index in [1.807, 2.05) is 0 Å². The highest BCUT2D eigenvalue weighted by Crippen LogP contribution is 2.26. The summed E-state index contributed by atoms with van der Waals surface area (Å²) >= 11 is 11.8. The van der Waals surface area contributed by atoms with E-state index in [1.54, 1.807) is 12.3 Å². The molecule has 0 saturated carbocycles. The number of fused-ring (bicyclic) bond motifs is 1. The largest absolute Gasteiger partial charge is 0.361 e. The van der Waals surface area contributed by atoms with Gasteiger partial charge in [-0.3, -0.25) is 10.1 Å². The van der Waals surface area contributed by atoms with Gasteiger partial charge in [0, 0.05) is 30.1 Å². The molecule has 21 heavy (non-hydrogen) atoms. The number of rotatable bonds is 3. The van der Waals surface area contributed by atoms with Crippen molar-refractivity contribution in [3.63, 3.8) is 0 Å². The van der Waals surface area contributed by atoms with Crippen molar-refractivity contribution >= 4 is 39.8 Å². The summed E-state index contributed by atoms with van der Waals surface area (Å²) < 4.78 is 0. The van der Waals surface area contributed by atoms with Gasteiger partial charge in [0.15, 0.2) is 0 Å². The van der Waals surface area contributed by atoms with Gasteiger partial charge in [-0.15, -0.1) is 0 Å². The molecule has 0 radical (unpaired) electrons. The number of nitrogens with zero attached hydrogens (tertiary/aromatic N) is 3. The zero-order chi connectivity index (χ0) is 15.0. The molecule has 1 N–H and O–H groups in total. The molecule has 1 aromatic carbocycles. The van der Waals surface area contributed by atoms with E-state index in [2.05, 4.69) is 15.0 Å². The van der Waals surface area contributed by atoms with Crippen molar-refractivity contribution in [1.82, 2.24) is 15.0 Å². The number of hydrogen-bond acceptors (Lipinski definition) is 4. The number of aromatic nitrogens is 3. The van der Waals surface area contributed by atoms with Crippen molar-refractivity contribution in [2.75, 3.05) is 0 Å². The van der Waals surface area contributed by atoms with E-state index in [0.717, 1.165) is 10.9 Å². The first-order valence-electron chi connectivity index (χ1n) is 5.96. The molecule has 0 fully saturated rings. The van der Waals surface area contributed by atoms with Gasteiger partial charge < -0.3 is 4.98 Å². The number of nitro groups is 1. The van der Waals surface area contributed by atoms with Crippen molar-refractivity contribution in [1.29, 1.82) is 0 Å². The average Bonchev–Trinajstić information content (AvgIpc) is 2.85. The summed E-state index contributed by atoms with van der Waals surface area (Å²) in [7, 11) is 0. The molecule has 0 bridgehead atoms. The summed E-state index contributed by atoms with van der Waals surface area (Å²) in [5, 5.41) is 12.2. The number of benzene rings is 1. The standard InChI is InChI=1S/C13H8Cl2N4O2/c14-10-6-17-13(15)18-12(10)3-7-5-16-11-4-8(19(20)21)1-2-9(7)11/h1-2,4-6,16H,3H2. The third kappa shape index (κ3) is 2.68. The number of nitro benzene ring substituents is 1. The van der Waals surface area contributed by atoms with Gasteiger partial charge in [0.25, 0.3) is 5.69 Å². The molecular weight excluding hydrogens is 315 g/mol. The number of nitrogens with one attached hydrogen (secondary N) is 1. The zero-order valence-corrected chi connectivity index (χ0v) is 12.0. The van der Waals surface area contributed by atoms with Crippen molar-refractivity contribution in [3.05, 3.63) is 62.3 Å². The van der Waals surface area contributed by atoms with E-state index in [-0.39, 0.29) is 11.0 Å². The van der Waals surface area contributed by atoms with Crippen LogP contribution in [-0.2, 0) is 6.42 Å². The maximum Gasteiger partial charge on any atom is 0.271 e. The van der Waals surface area contributed by atoms with Gasteiger partial charge in [-0.25, -0.2) is 9.97 Å². The van der Waals surface area contributed by atoms with Crippen LogP contribution in [0.15, 0.2) is 30.6 Å². The number of aromatic amines is 1. The Morgan fingerprint density at radius 3 is 2.90 bits per heavy atom. The quantitative estimate of drug-likeness (QED) is 0.452. The molecule has 0 atom stereocenters. The van der Waals surface area contributed by atoms with Crippen LogP contribution in [0.1, 0.15) is 11.3 Å². The molecular formula is C13H8Cl2N4O2. The normalized spacial score (nSPS) is 11.0. The highest BCUT2D eigenvalue weighted by Gasteiger charge is 2.12. The van der Waals surface area contributed by atoms with Gasteiger partial charge in [0.05, 0.1) is 27.4 Å². The second-order valence-electron chi connectivity index (χ2n) is 4.41. The Kier molecular flexibility index (Phi) is 3.48. The minimum absolute atomic E-state index is 0.0408. The number of hydrogen-bond donors (Lipinski definition) is 1. The first-order chi connectivity index (χ1) is 10.0. The molecule has 0 aliphatic rings. The Hall–Kier alpha value is -2.18. The summed E-state index contributed by atoms with van der Waals surface area (Å²) in [4.78, 5) is 21.3. The Morgan fingerprint density at radius 2 is 2.14 bits per heavy atom. The fourth-order valence-corrected chi connectivity index (χ4v) is 2.43.